The molecule has 0 saturated carbocycles. The fraction of sp³-hybridized carbons (Fsp3) is 0.333. The fourth-order valence-electron chi connectivity index (χ4n) is 1.16. The molecule has 1 heterocycles. The van der Waals surface area contributed by atoms with Crippen LogP contribution in [0, 0.1) is 0 Å². The molecule has 1 amide bonds. The highest BCUT2D eigenvalue weighted by Gasteiger charge is 2.27. The summed E-state index contributed by atoms with van der Waals surface area (Å²) in [4.78, 5) is 21.8. The van der Waals surface area contributed by atoms with Gasteiger partial charge < -0.3 is 15.0 Å². The summed E-state index contributed by atoms with van der Waals surface area (Å²) in [6.45, 7) is -1.90. The highest BCUT2D eigenvalue weighted by molar-refractivity contribution is 5.86. The van der Waals surface area contributed by atoms with E-state index in [-0.39, 0.29) is 5.69 Å². The van der Waals surface area contributed by atoms with Crippen molar-refractivity contribution in [3.63, 3.8) is 0 Å². The van der Waals surface area contributed by atoms with Gasteiger partial charge in [-0.25, -0.2) is 4.79 Å². The lowest BCUT2D eigenvalue weighted by Gasteiger charge is -2.09. The largest absolute Gasteiger partial charge is 0.477 e. The Labute approximate surface area is 93.8 Å². The Hall–Kier alpha value is -1.99. The number of hydrogen-bond donors (Lipinski definition) is 2. The van der Waals surface area contributed by atoms with Crippen LogP contribution in [0.15, 0.2) is 18.3 Å². The van der Waals surface area contributed by atoms with Crippen molar-refractivity contribution >= 4 is 11.9 Å². The molecule has 5 nitrogen and oxygen atoms in total. The van der Waals surface area contributed by atoms with Gasteiger partial charge in [-0.1, -0.05) is 0 Å². The van der Waals surface area contributed by atoms with Gasteiger partial charge in [0, 0.05) is 6.20 Å². The van der Waals surface area contributed by atoms with E-state index in [0.29, 0.717) is 0 Å². The predicted octanol–water partition coefficient (Wildman–Crippen LogP) is 0.865. The number of rotatable bonds is 4. The van der Waals surface area contributed by atoms with Gasteiger partial charge in [-0.05, 0) is 12.1 Å². The lowest BCUT2D eigenvalue weighted by atomic mass is 10.4. The molecule has 0 radical (unpaired) electrons. The Morgan fingerprint density at radius 3 is 2.59 bits per heavy atom. The van der Waals surface area contributed by atoms with E-state index in [1.165, 1.54) is 18.3 Å². The third-order valence-electron chi connectivity index (χ3n) is 1.85. The number of carbonyl (C=O) groups excluding carboxylic acids is 1. The molecular formula is C9H9F3N2O3. The Balaban J connectivity index is 2.57. The second kappa shape index (κ2) is 4.89. The van der Waals surface area contributed by atoms with Gasteiger partial charge >= 0.3 is 12.1 Å². The van der Waals surface area contributed by atoms with Crippen molar-refractivity contribution in [1.29, 1.82) is 0 Å². The Morgan fingerprint density at radius 2 is 2.06 bits per heavy atom. The van der Waals surface area contributed by atoms with E-state index in [9.17, 15) is 22.8 Å². The monoisotopic (exact) mass is 250 g/mol. The third-order valence-corrected chi connectivity index (χ3v) is 1.85. The summed E-state index contributed by atoms with van der Waals surface area (Å²) in [5.41, 5.74) is -0.160. The van der Waals surface area contributed by atoms with Crippen LogP contribution in [-0.2, 0) is 11.3 Å². The molecule has 0 spiro atoms. The van der Waals surface area contributed by atoms with Gasteiger partial charge in [-0.15, -0.1) is 0 Å². The van der Waals surface area contributed by atoms with Gasteiger partial charge in [0.25, 0.3) is 0 Å². The van der Waals surface area contributed by atoms with Crippen molar-refractivity contribution < 1.29 is 27.9 Å². The molecule has 2 N–H and O–H groups in total. The van der Waals surface area contributed by atoms with Crippen molar-refractivity contribution in [1.82, 2.24) is 9.88 Å². The standard InChI is InChI=1S/C9H9F3N2O3/c10-9(11,12)5-13-7(15)4-14-3-1-2-6(14)8(16)17/h1-3H,4-5H2,(H,13,15)(H,16,17). The van der Waals surface area contributed by atoms with E-state index in [1.54, 1.807) is 5.32 Å². The zero-order valence-electron chi connectivity index (χ0n) is 8.49. The number of halogens is 3. The van der Waals surface area contributed by atoms with Crippen LogP contribution in [0.3, 0.4) is 0 Å². The number of nitrogens with zero attached hydrogens (tertiary/aromatic N) is 1. The first kappa shape index (κ1) is 13.1. The molecule has 0 bridgehead atoms. The average Bonchev–Trinajstić information content (AvgIpc) is 2.62. The summed E-state index contributed by atoms with van der Waals surface area (Å²) in [6, 6.07) is 2.64. The molecule has 0 aromatic carbocycles. The van der Waals surface area contributed by atoms with Crippen LogP contribution in [-0.4, -0.2) is 34.3 Å². The van der Waals surface area contributed by atoms with Crippen LogP contribution >= 0.6 is 0 Å². The van der Waals surface area contributed by atoms with Gasteiger partial charge in [-0.3, -0.25) is 4.79 Å². The highest BCUT2D eigenvalue weighted by atomic mass is 19.4. The van der Waals surface area contributed by atoms with Crippen LogP contribution in [0.4, 0.5) is 13.2 Å². The first-order chi connectivity index (χ1) is 7.79. The number of carboxylic acid groups (broad SMARTS) is 1. The topological polar surface area (TPSA) is 71.3 Å². The van der Waals surface area contributed by atoms with E-state index in [0.717, 1.165) is 4.57 Å². The van der Waals surface area contributed by atoms with E-state index < -0.39 is 31.1 Å². The van der Waals surface area contributed by atoms with Crippen LogP contribution in [0.5, 0.6) is 0 Å². The summed E-state index contributed by atoms with van der Waals surface area (Å²) >= 11 is 0. The Morgan fingerprint density at radius 1 is 1.41 bits per heavy atom. The Kier molecular flexibility index (Phi) is 3.77. The number of carbonyl (C=O) groups is 2. The van der Waals surface area contributed by atoms with Crippen LogP contribution < -0.4 is 5.32 Å². The second-order valence-electron chi connectivity index (χ2n) is 3.22. The normalized spacial score (nSPS) is 11.2. The number of hydrogen-bond acceptors (Lipinski definition) is 2. The van der Waals surface area contributed by atoms with Crippen molar-refractivity contribution in [3.8, 4) is 0 Å². The SMILES string of the molecule is O=C(Cn1cccc1C(=O)O)NCC(F)(F)F. The molecule has 0 atom stereocenters. The highest BCUT2D eigenvalue weighted by Crippen LogP contribution is 2.12. The van der Waals surface area contributed by atoms with Crippen LogP contribution in [0.1, 0.15) is 10.5 Å². The minimum atomic E-state index is -4.48. The maximum Gasteiger partial charge on any atom is 0.405 e. The summed E-state index contributed by atoms with van der Waals surface area (Å²) in [6.07, 6.45) is -3.18. The van der Waals surface area contributed by atoms with E-state index in [4.69, 9.17) is 5.11 Å². The zero-order chi connectivity index (χ0) is 13.1. The number of aromatic nitrogens is 1. The molecule has 0 unspecified atom stereocenters. The molecule has 0 saturated heterocycles. The van der Waals surface area contributed by atoms with Crippen LogP contribution in [0.2, 0.25) is 0 Å². The molecule has 1 aromatic heterocycles. The maximum atomic E-state index is 11.8. The molecular weight excluding hydrogens is 241 g/mol. The summed E-state index contributed by atoms with van der Waals surface area (Å²) in [7, 11) is 0. The predicted molar refractivity (Wildman–Crippen MR) is 50.5 cm³/mol. The number of carboxylic acids is 1. The van der Waals surface area contributed by atoms with Crippen molar-refractivity contribution in [2.45, 2.75) is 12.7 Å². The summed E-state index contributed by atoms with van der Waals surface area (Å²) in [5, 5.41) is 10.3. The molecule has 0 aliphatic heterocycles. The smallest absolute Gasteiger partial charge is 0.405 e. The molecule has 0 aliphatic rings. The third kappa shape index (κ3) is 4.17. The molecule has 94 valence electrons. The lowest BCUT2D eigenvalue weighted by molar-refractivity contribution is -0.138. The van der Waals surface area contributed by atoms with E-state index in [1.807, 2.05) is 0 Å². The summed E-state index contributed by atoms with van der Waals surface area (Å²) in [5.74, 6) is -2.15. The molecule has 1 aromatic rings. The summed E-state index contributed by atoms with van der Waals surface area (Å²) < 4.78 is 36.4. The maximum absolute atomic E-state index is 11.8. The van der Waals surface area contributed by atoms with E-state index >= 15 is 0 Å². The fourth-order valence-corrected chi connectivity index (χ4v) is 1.16. The van der Waals surface area contributed by atoms with Crippen molar-refractivity contribution in [2.75, 3.05) is 6.54 Å². The minimum Gasteiger partial charge on any atom is -0.477 e. The number of nitrogens with one attached hydrogen (secondary N) is 1. The molecule has 17 heavy (non-hydrogen) atoms. The number of amides is 1. The molecule has 8 heteroatoms. The van der Waals surface area contributed by atoms with Gasteiger partial charge in [0.15, 0.2) is 0 Å². The number of alkyl halides is 3. The van der Waals surface area contributed by atoms with Gasteiger partial charge in [0.05, 0.1) is 0 Å². The van der Waals surface area contributed by atoms with Gasteiger partial charge in [0.2, 0.25) is 5.91 Å². The number of aromatic carboxylic acids is 1. The second-order valence-corrected chi connectivity index (χ2v) is 3.22. The average molecular weight is 250 g/mol. The molecule has 1 rings (SSSR count). The zero-order valence-corrected chi connectivity index (χ0v) is 8.49. The van der Waals surface area contributed by atoms with Crippen molar-refractivity contribution in [3.05, 3.63) is 24.0 Å². The molecule has 0 aliphatic carbocycles. The van der Waals surface area contributed by atoms with Crippen molar-refractivity contribution in [2.24, 2.45) is 0 Å². The Bertz CT molecular complexity index is 425. The van der Waals surface area contributed by atoms with Gasteiger partial charge in [0.1, 0.15) is 18.8 Å². The first-order valence-electron chi connectivity index (χ1n) is 4.51. The van der Waals surface area contributed by atoms with Crippen LogP contribution in [0.25, 0.3) is 0 Å². The minimum absolute atomic E-state index is 0.160. The first-order valence-corrected chi connectivity index (χ1v) is 4.51. The van der Waals surface area contributed by atoms with E-state index in [2.05, 4.69) is 0 Å². The van der Waals surface area contributed by atoms with Gasteiger partial charge in [-0.2, -0.15) is 13.2 Å². The molecule has 0 fully saturated rings. The quantitative estimate of drug-likeness (QED) is 0.832. The lowest BCUT2D eigenvalue weighted by Crippen LogP contribution is -2.36.